The van der Waals surface area contributed by atoms with Gasteiger partial charge in [0.1, 0.15) is 6.04 Å². The molecule has 3 rings (SSSR count). The topological polar surface area (TPSA) is 98.2 Å². The van der Waals surface area contributed by atoms with Gasteiger partial charge in [0, 0.05) is 24.5 Å². The molecule has 1 fully saturated rings. The third-order valence-corrected chi connectivity index (χ3v) is 5.93. The second-order valence-corrected chi connectivity index (χ2v) is 8.24. The van der Waals surface area contributed by atoms with Crippen LogP contribution in [0.3, 0.4) is 0 Å². The Kier molecular flexibility index (Phi) is 7.41. The van der Waals surface area contributed by atoms with Gasteiger partial charge in [-0.05, 0) is 36.6 Å². The summed E-state index contributed by atoms with van der Waals surface area (Å²) in [6, 6.07) is 11.7. The number of carbonyl (C=O) groups excluding carboxylic acids is 1. The summed E-state index contributed by atoms with van der Waals surface area (Å²) in [5, 5.41) is 19.9. The Morgan fingerprint density at radius 3 is 2.42 bits per heavy atom. The average molecular weight is 465 g/mol. The monoisotopic (exact) mass is 464 g/mol. The van der Waals surface area contributed by atoms with E-state index in [1.807, 2.05) is 6.07 Å². The summed E-state index contributed by atoms with van der Waals surface area (Å²) >= 11 is 12.2. The highest BCUT2D eigenvalue weighted by atomic mass is 35.5. The molecule has 2 amide bonds. The van der Waals surface area contributed by atoms with Crippen molar-refractivity contribution in [2.45, 2.75) is 31.3 Å². The van der Waals surface area contributed by atoms with Gasteiger partial charge in [-0.1, -0.05) is 53.5 Å². The van der Waals surface area contributed by atoms with Crippen LogP contribution in [0.4, 0.5) is 4.79 Å². The number of rotatable bonds is 7. The van der Waals surface area contributed by atoms with Crippen LogP contribution in [0.25, 0.3) is 0 Å². The molecule has 2 atom stereocenters. The minimum absolute atomic E-state index is 0.0477. The van der Waals surface area contributed by atoms with E-state index in [2.05, 4.69) is 0 Å². The molecule has 164 valence electrons. The van der Waals surface area contributed by atoms with Gasteiger partial charge in [-0.3, -0.25) is 4.79 Å². The van der Waals surface area contributed by atoms with Gasteiger partial charge in [0.05, 0.1) is 16.6 Å². The van der Waals surface area contributed by atoms with Crippen molar-refractivity contribution < 1.29 is 24.6 Å². The summed E-state index contributed by atoms with van der Waals surface area (Å²) in [5.41, 5.74) is 0.863. The van der Waals surface area contributed by atoms with E-state index < -0.39 is 30.1 Å². The Labute approximate surface area is 189 Å². The normalized spacial score (nSPS) is 16.7. The van der Waals surface area contributed by atoms with Gasteiger partial charge in [-0.15, -0.1) is 0 Å². The number of aliphatic carboxylic acids is 1. The molecule has 0 spiro atoms. The molecular formula is C22H22Cl2N2O5. The van der Waals surface area contributed by atoms with Crippen molar-refractivity contribution in [1.82, 2.24) is 9.80 Å². The lowest BCUT2D eigenvalue weighted by Gasteiger charge is -2.34. The number of nitrogens with zero attached hydrogens (tertiary/aromatic N) is 2. The summed E-state index contributed by atoms with van der Waals surface area (Å²) < 4.78 is 0. The van der Waals surface area contributed by atoms with E-state index in [9.17, 15) is 24.6 Å². The van der Waals surface area contributed by atoms with Gasteiger partial charge in [0.25, 0.3) is 5.91 Å². The molecule has 2 N–H and O–H groups in total. The fourth-order valence-corrected chi connectivity index (χ4v) is 4.33. The van der Waals surface area contributed by atoms with Crippen LogP contribution in [0.15, 0.2) is 48.5 Å². The first kappa shape index (κ1) is 22.9. The van der Waals surface area contributed by atoms with Crippen LogP contribution in [0.1, 0.15) is 28.8 Å². The van der Waals surface area contributed by atoms with E-state index in [4.69, 9.17) is 23.2 Å². The zero-order valence-electron chi connectivity index (χ0n) is 16.6. The maximum absolute atomic E-state index is 13.4. The fraction of sp³-hybridized carbons (Fsp3) is 0.318. The quantitative estimate of drug-likeness (QED) is 0.637. The van der Waals surface area contributed by atoms with Crippen molar-refractivity contribution in [3.8, 4) is 0 Å². The van der Waals surface area contributed by atoms with Crippen LogP contribution < -0.4 is 0 Å². The Morgan fingerprint density at radius 2 is 1.81 bits per heavy atom. The number of likely N-dealkylation sites (tertiary alicyclic amines) is 1. The van der Waals surface area contributed by atoms with Crippen LogP contribution in [-0.2, 0) is 11.2 Å². The molecule has 1 aliphatic rings. The second kappa shape index (κ2) is 10.0. The Hall–Kier alpha value is -2.77. The molecule has 0 saturated carbocycles. The van der Waals surface area contributed by atoms with Gasteiger partial charge in [-0.2, -0.15) is 0 Å². The minimum atomic E-state index is -1.20. The standard InChI is InChI=1S/C22H22Cl2N2O5/c23-15-8-9-17(18(24)12-15)20(27)26(13-16-7-4-10-25(16)22(30)31)19(21(28)29)11-14-5-2-1-3-6-14/h1-3,5-6,8-9,12,16,19H,4,7,10-11,13H2,(H,28,29)(H,30,31)/t16?,19-/m0/s1. The first-order valence-electron chi connectivity index (χ1n) is 9.80. The lowest BCUT2D eigenvalue weighted by molar-refractivity contribution is -0.142. The minimum Gasteiger partial charge on any atom is -0.480 e. The zero-order chi connectivity index (χ0) is 22.5. The van der Waals surface area contributed by atoms with Gasteiger partial charge < -0.3 is 20.0 Å². The molecule has 2 aromatic carbocycles. The Morgan fingerprint density at radius 1 is 1.10 bits per heavy atom. The molecular weight excluding hydrogens is 443 g/mol. The third kappa shape index (κ3) is 5.48. The van der Waals surface area contributed by atoms with Crippen LogP contribution in [-0.4, -0.2) is 63.2 Å². The van der Waals surface area contributed by atoms with Gasteiger partial charge in [-0.25, -0.2) is 9.59 Å². The first-order valence-corrected chi connectivity index (χ1v) is 10.6. The highest BCUT2D eigenvalue weighted by Gasteiger charge is 2.37. The van der Waals surface area contributed by atoms with E-state index in [0.29, 0.717) is 24.4 Å². The summed E-state index contributed by atoms with van der Waals surface area (Å²) in [4.78, 5) is 39.7. The number of halogens is 2. The molecule has 2 aromatic rings. The predicted octanol–water partition coefficient (Wildman–Crippen LogP) is 4.27. The van der Waals surface area contributed by atoms with E-state index in [-0.39, 0.29) is 23.6 Å². The maximum Gasteiger partial charge on any atom is 0.407 e. The lowest BCUT2D eigenvalue weighted by Crippen LogP contribution is -2.52. The Bertz CT molecular complexity index is 970. The largest absolute Gasteiger partial charge is 0.480 e. The van der Waals surface area contributed by atoms with E-state index in [0.717, 1.165) is 5.56 Å². The number of carboxylic acid groups (broad SMARTS) is 2. The molecule has 1 aliphatic heterocycles. The van der Waals surface area contributed by atoms with E-state index >= 15 is 0 Å². The highest BCUT2D eigenvalue weighted by Crippen LogP contribution is 2.26. The van der Waals surface area contributed by atoms with E-state index in [1.165, 1.54) is 28.0 Å². The van der Waals surface area contributed by atoms with Crippen molar-refractivity contribution in [3.63, 3.8) is 0 Å². The molecule has 31 heavy (non-hydrogen) atoms. The van der Waals surface area contributed by atoms with Crippen molar-refractivity contribution in [2.75, 3.05) is 13.1 Å². The fourth-order valence-electron chi connectivity index (χ4n) is 3.84. The van der Waals surface area contributed by atoms with Crippen LogP contribution in [0.5, 0.6) is 0 Å². The molecule has 0 aromatic heterocycles. The molecule has 1 saturated heterocycles. The maximum atomic E-state index is 13.4. The molecule has 0 radical (unpaired) electrons. The molecule has 7 nitrogen and oxygen atoms in total. The molecule has 1 heterocycles. The smallest absolute Gasteiger partial charge is 0.407 e. The molecule has 9 heteroatoms. The molecule has 1 unspecified atom stereocenters. The molecule has 0 bridgehead atoms. The van der Waals surface area contributed by atoms with Gasteiger partial charge >= 0.3 is 12.1 Å². The van der Waals surface area contributed by atoms with Crippen molar-refractivity contribution in [1.29, 1.82) is 0 Å². The summed E-state index contributed by atoms with van der Waals surface area (Å²) in [7, 11) is 0. The van der Waals surface area contributed by atoms with Crippen molar-refractivity contribution >= 4 is 41.2 Å². The number of carboxylic acids is 1. The number of hydrogen-bond donors (Lipinski definition) is 2. The molecule has 0 aliphatic carbocycles. The van der Waals surface area contributed by atoms with Gasteiger partial charge in [0.2, 0.25) is 0 Å². The first-order chi connectivity index (χ1) is 14.8. The van der Waals surface area contributed by atoms with Crippen LogP contribution in [0.2, 0.25) is 10.0 Å². The van der Waals surface area contributed by atoms with Gasteiger partial charge in [0.15, 0.2) is 0 Å². The zero-order valence-corrected chi connectivity index (χ0v) is 18.1. The summed E-state index contributed by atoms with van der Waals surface area (Å²) in [6.07, 6.45) is 0.181. The van der Waals surface area contributed by atoms with E-state index in [1.54, 1.807) is 24.3 Å². The highest BCUT2D eigenvalue weighted by molar-refractivity contribution is 6.36. The third-order valence-electron chi connectivity index (χ3n) is 5.39. The summed E-state index contributed by atoms with van der Waals surface area (Å²) in [5.74, 6) is -1.76. The Balaban J connectivity index is 1.98. The lowest BCUT2D eigenvalue weighted by atomic mass is 10.0. The number of carbonyl (C=O) groups is 3. The SMILES string of the molecule is O=C(O)[C@H](Cc1ccccc1)N(CC1CCCN1C(=O)O)C(=O)c1ccc(Cl)cc1Cl. The van der Waals surface area contributed by atoms with Crippen LogP contribution >= 0.6 is 23.2 Å². The predicted molar refractivity (Wildman–Crippen MR) is 117 cm³/mol. The summed E-state index contributed by atoms with van der Waals surface area (Å²) in [6.45, 7) is 0.300. The average Bonchev–Trinajstić information content (AvgIpc) is 3.19. The number of hydrogen-bond acceptors (Lipinski definition) is 3. The number of benzene rings is 2. The number of amides is 2. The van der Waals surface area contributed by atoms with Crippen LogP contribution in [0, 0.1) is 0 Å². The van der Waals surface area contributed by atoms with Crippen molar-refractivity contribution in [3.05, 3.63) is 69.7 Å². The second-order valence-electron chi connectivity index (χ2n) is 7.40. The van der Waals surface area contributed by atoms with Crippen molar-refractivity contribution in [2.24, 2.45) is 0 Å².